The van der Waals surface area contributed by atoms with Crippen LogP contribution in [0.1, 0.15) is 114 Å². The second kappa shape index (κ2) is 16.1. The minimum Gasteiger partial charge on any atom is -0.469 e. The zero-order valence-electron chi connectivity index (χ0n) is 38.2. The number of piperidine rings is 2. The van der Waals surface area contributed by atoms with Gasteiger partial charge in [-0.05, 0) is 124 Å². The van der Waals surface area contributed by atoms with Gasteiger partial charge in [0, 0.05) is 42.5 Å². The molecule has 65 heavy (non-hydrogen) atoms. The highest BCUT2D eigenvalue weighted by Gasteiger charge is 2.58. The normalized spacial score (nSPS) is 28.3. The molecule has 2 bridgehead atoms. The highest BCUT2D eigenvalue weighted by Crippen LogP contribution is 2.57. The van der Waals surface area contributed by atoms with Crippen LogP contribution >= 0.6 is 0 Å². The maximum Gasteiger partial charge on any atom is 0.407 e. The number of carbonyl (C=O) groups is 4. The number of hydrogen-bond acceptors (Lipinski definition) is 9. The number of alkyl carbamates (subject to hydrolysis) is 1. The molecule has 338 valence electrons. The molecule has 2 saturated carbocycles. The van der Waals surface area contributed by atoms with E-state index >= 15 is 0 Å². The van der Waals surface area contributed by atoms with Gasteiger partial charge in [-0.3, -0.25) is 24.4 Å². The number of hydrogen-bond donors (Lipinski definition) is 1. The lowest BCUT2D eigenvalue weighted by Crippen LogP contribution is -2.55. The number of nitrogens with zero attached hydrogens (tertiary/aromatic N) is 4. The van der Waals surface area contributed by atoms with Gasteiger partial charge in [0.25, 0.3) is 0 Å². The molecule has 6 heterocycles. The van der Waals surface area contributed by atoms with Gasteiger partial charge in [0.2, 0.25) is 11.8 Å². The van der Waals surface area contributed by atoms with Crippen molar-refractivity contribution in [2.24, 2.45) is 39.6 Å². The quantitative estimate of drug-likeness (QED) is 0.179. The Morgan fingerprint density at radius 1 is 0.723 bits per heavy atom. The number of esters is 1. The van der Waals surface area contributed by atoms with Crippen LogP contribution in [0.3, 0.4) is 0 Å². The lowest BCUT2D eigenvalue weighted by Gasteiger charge is -2.32. The Bertz CT molecular complexity index is 2600. The van der Waals surface area contributed by atoms with E-state index in [-0.39, 0.29) is 72.4 Å². The average molecular weight is 878 g/mol. The first-order valence-electron chi connectivity index (χ1n) is 23.9. The molecule has 2 aliphatic carbocycles. The largest absolute Gasteiger partial charge is 0.469 e. The maximum absolute atomic E-state index is 14.1. The van der Waals surface area contributed by atoms with E-state index in [2.05, 4.69) is 64.8 Å². The summed E-state index contributed by atoms with van der Waals surface area (Å²) in [5.41, 5.74) is 13.8. The molecule has 3 aromatic carbocycles. The number of amides is 3. The molecule has 3 aromatic rings. The topological polar surface area (TPSA) is 139 Å². The van der Waals surface area contributed by atoms with Gasteiger partial charge in [-0.15, -0.1) is 0 Å². The van der Waals surface area contributed by atoms with E-state index in [1.165, 1.54) is 42.0 Å². The van der Waals surface area contributed by atoms with Crippen molar-refractivity contribution >= 4 is 46.6 Å². The molecule has 0 radical (unpaired) electrons. The Morgan fingerprint density at radius 2 is 1.34 bits per heavy atom. The zero-order chi connectivity index (χ0) is 45.0. The molecule has 5 fully saturated rings. The molecule has 0 aromatic heterocycles. The Kier molecular flexibility index (Phi) is 10.4. The van der Waals surface area contributed by atoms with Gasteiger partial charge in [-0.1, -0.05) is 70.2 Å². The number of benzene rings is 3. The van der Waals surface area contributed by atoms with Gasteiger partial charge in [0.05, 0.1) is 56.5 Å². The smallest absolute Gasteiger partial charge is 0.407 e. The van der Waals surface area contributed by atoms with E-state index in [0.29, 0.717) is 24.7 Å². The summed E-state index contributed by atoms with van der Waals surface area (Å²) in [5, 5.41) is 2.79. The summed E-state index contributed by atoms with van der Waals surface area (Å²) in [6.45, 7) is 7.92. The van der Waals surface area contributed by atoms with E-state index in [9.17, 15) is 19.2 Å². The third-order valence-corrected chi connectivity index (χ3v) is 15.9. The summed E-state index contributed by atoms with van der Waals surface area (Å²) < 4.78 is 16.5. The third kappa shape index (κ3) is 7.21. The molecule has 6 aliphatic heterocycles. The van der Waals surface area contributed by atoms with Crippen LogP contribution in [0.2, 0.25) is 0 Å². The van der Waals surface area contributed by atoms with Crippen molar-refractivity contribution in [3.63, 3.8) is 0 Å². The second-order valence-corrected chi connectivity index (χ2v) is 20.4. The molecule has 0 spiro atoms. The van der Waals surface area contributed by atoms with Crippen LogP contribution in [0.15, 0.2) is 70.8 Å². The molecule has 12 nitrogen and oxygen atoms in total. The SMILES string of the molecule is COC(=O)C[C@H](C(=O)N1C2CC2C[C@H]1C1=NC=C(c2ccc(-c3ccc(-c4ccc5c(c4)CC([C@H]4CC6CC6N4C(=O)[C@@H](NC(=O)OC)C(C)C)=N5)c4c3C3CCC4O3)cc2)C1)C(C)C. The van der Waals surface area contributed by atoms with Crippen LogP contribution in [0, 0.1) is 29.6 Å². The Balaban J connectivity index is 0.795. The van der Waals surface area contributed by atoms with Crippen LogP contribution in [-0.2, 0) is 35.0 Å². The standard InChI is InChI=1S/C53H59N5O7/c1-26(2)37(24-47(59)63-5)51(60)57-41-20-32(41)22-43(57)39-19-34(25-54-39)28-7-9-29(10-8-28)35-12-13-36(49-46-16-15-45(65-46)48(35)49)30-11-14-38-31(17-30)18-40(55-38)44-23-33-21-42(33)58(44)52(61)50(27(3)4)56-53(62)64-6/h7-14,17,25-27,32-33,37,41-46,50H,15-16,18-24H2,1-6H3,(H,56,62)/t32?,33?,37-,41?,42?,43-,44+,45?,46?,50-/m0/s1. The monoisotopic (exact) mass is 877 g/mol. The lowest BCUT2D eigenvalue weighted by atomic mass is 9.81. The van der Waals surface area contributed by atoms with Crippen molar-refractivity contribution in [2.45, 2.75) is 128 Å². The van der Waals surface area contributed by atoms with Gasteiger partial charge in [-0.25, -0.2) is 4.79 Å². The molecule has 3 saturated heterocycles. The first-order chi connectivity index (χ1) is 31.4. The van der Waals surface area contributed by atoms with Crippen molar-refractivity contribution in [3.05, 3.63) is 83.1 Å². The fourth-order valence-corrected chi connectivity index (χ4v) is 12.2. The second-order valence-electron chi connectivity index (χ2n) is 20.4. The molecule has 11 rings (SSSR count). The van der Waals surface area contributed by atoms with Crippen molar-refractivity contribution in [1.82, 2.24) is 15.1 Å². The van der Waals surface area contributed by atoms with Crippen LogP contribution in [-0.4, -0.2) is 89.5 Å². The fourth-order valence-electron chi connectivity index (χ4n) is 12.2. The van der Waals surface area contributed by atoms with Crippen LogP contribution in [0.25, 0.3) is 27.8 Å². The predicted octanol–water partition coefficient (Wildman–Crippen LogP) is 8.94. The summed E-state index contributed by atoms with van der Waals surface area (Å²) in [5.74, 6) is 0.201. The van der Waals surface area contributed by atoms with E-state index in [1.54, 1.807) is 0 Å². The summed E-state index contributed by atoms with van der Waals surface area (Å²) in [7, 11) is 2.71. The number of nitrogens with one attached hydrogen (secondary N) is 1. The van der Waals surface area contributed by atoms with E-state index < -0.39 is 18.1 Å². The fraction of sp³-hybridized carbons (Fsp3) is 0.509. The number of rotatable bonds is 12. The van der Waals surface area contributed by atoms with Gasteiger partial charge in [-0.2, -0.15) is 0 Å². The van der Waals surface area contributed by atoms with Gasteiger partial charge in [0.1, 0.15) is 6.04 Å². The molecule has 6 unspecified atom stereocenters. The summed E-state index contributed by atoms with van der Waals surface area (Å²) in [6, 6.07) is 19.7. The highest BCUT2D eigenvalue weighted by molar-refractivity contribution is 6.04. The maximum atomic E-state index is 14.1. The number of fused-ring (bicyclic) bond motifs is 8. The Morgan fingerprint density at radius 3 is 1.97 bits per heavy atom. The molecule has 12 heteroatoms. The van der Waals surface area contributed by atoms with Crippen LogP contribution < -0.4 is 5.32 Å². The van der Waals surface area contributed by atoms with Crippen LogP contribution in [0.4, 0.5) is 10.5 Å². The number of carbonyl (C=O) groups excluding carboxylic acids is 4. The Labute approximate surface area is 380 Å². The molecule has 8 aliphatic rings. The minimum atomic E-state index is -0.655. The molecule has 3 amide bonds. The average Bonchev–Trinajstić information content (AvgIpc) is 3.75. The van der Waals surface area contributed by atoms with Crippen molar-refractivity contribution in [2.75, 3.05) is 14.2 Å². The highest BCUT2D eigenvalue weighted by atomic mass is 16.5. The predicted molar refractivity (Wildman–Crippen MR) is 247 cm³/mol. The summed E-state index contributed by atoms with van der Waals surface area (Å²) in [4.78, 5) is 66.7. The number of aliphatic imine (C=N–C) groups is 2. The van der Waals surface area contributed by atoms with E-state index in [0.717, 1.165) is 77.9 Å². The lowest BCUT2D eigenvalue weighted by molar-refractivity contribution is -0.148. The number of likely N-dealkylation sites (tertiary alicyclic amines) is 2. The van der Waals surface area contributed by atoms with E-state index in [4.69, 9.17) is 24.2 Å². The molecular formula is C53H59N5O7. The number of ether oxygens (including phenoxy) is 3. The van der Waals surface area contributed by atoms with Gasteiger partial charge in [0.15, 0.2) is 0 Å². The van der Waals surface area contributed by atoms with Gasteiger partial charge < -0.3 is 29.3 Å². The third-order valence-electron chi connectivity index (χ3n) is 15.9. The minimum absolute atomic E-state index is 0.0310. The molecular weight excluding hydrogens is 819 g/mol. The first-order valence-corrected chi connectivity index (χ1v) is 23.9. The van der Waals surface area contributed by atoms with Crippen molar-refractivity contribution < 1.29 is 33.4 Å². The summed E-state index contributed by atoms with van der Waals surface area (Å²) in [6.07, 6.45) is 8.91. The van der Waals surface area contributed by atoms with Crippen LogP contribution in [0.5, 0.6) is 0 Å². The Hall–Kier alpha value is -5.62. The summed E-state index contributed by atoms with van der Waals surface area (Å²) >= 11 is 0. The number of allylic oxidation sites excluding steroid dienone is 1. The van der Waals surface area contributed by atoms with E-state index in [1.807, 2.05) is 38.8 Å². The van der Waals surface area contributed by atoms with Gasteiger partial charge >= 0.3 is 12.1 Å². The zero-order valence-corrected chi connectivity index (χ0v) is 38.2. The van der Waals surface area contributed by atoms with Crippen molar-refractivity contribution in [3.8, 4) is 22.3 Å². The number of methoxy groups -OCH3 is 2. The van der Waals surface area contributed by atoms with Crippen molar-refractivity contribution in [1.29, 1.82) is 0 Å². The first kappa shape index (κ1) is 42.0. The molecule has 1 N–H and O–H groups in total. The molecule has 10 atom stereocenters.